The van der Waals surface area contributed by atoms with E-state index in [9.17, 15) is 4.79 Å². The predicted octanol–water partition coefficient (Wildman–Crippen LogP) is 3.99. The molecule has 1 fully saturated rings. The number of hydrogen-bond donors (Lipinski definition) is 2. The molecule has 6 heteroatoms. The average Bonchev–Trinajstić information content (AvgIpc) is 2.91. The number of nitrogens with zero attached hydrogens (tertiary/aromatic N) is 2. The van der Waals surface area contributed by atoms with Crippen molar-refractivity contribution in [3.63, 3.8) is 0 Å². The summed E-state index contributed by atoms with van der Waals surface area (Å²) in [5.74, 6) is 1.15. The number of nitrogens with one attached hydrogen (secondary N) is 2. The van der Waals surface area contributed by atoms with E-state index in [-0.39, 0.29) is 11.9 Å². The van der Waals surface area contributed by atoms with Gasteiger partial charge in [0.05, 0.1) is 25.2 Å². The topological polar surface area (TPSA) is 76.1 Å². The lowest BCUT2D eigenvalue weighted by Crippen LogP contribution is -2.34. The number of carbonyl (C=O) groups is 1. The van der Waals surface area contributed by atoms with Gasteiger partial charge in [0.15, 0.2) is 0 Å². The summed E-state index contributed by atoms with van der Waals surface area (Å²) in [5.41, 5.74) is 2.27. The lowest BCUT2D eigenvalue weighted by molar-refractivity contribution is 0.0928. The number of rotatable bonds is 5. The van der Waals surface area contributed by atoms with Crippen molar-refractivity contribution in [3.05, 3.63) is 41.9 Å². The fraction of sp³-hybridized carbons (Fsp3) is 0.450. The third kappa shape index (κ3) is 4.71. The van der Waals surface area contributed by atoms with Crippen molar-refractivity contribution in [3.8, 4) is 5.75 Å². The molecule has 2 aromatic rings. The average molecular weight is 354 g/mol. The van der Waals surface area contributed by atoms with Gasteiger partial charge < -0.3 is 15.4 Å². The second kappa shape index (κ2) is 8.65. The monoisotopic (exact) mass is 354 g/mol. The highest BCUT2D eigenvalue weighted by Crippen LogP contribution is 2.27. The molecular formula is C20H26N4O2. The van der Waals surface area contributed by atoms with Crippen LogP contribution in [0.1, 0.15) is 54.6 Å². The zero-order chi connectivity index (χ0) is 18.4. The minimum atomic E-state index is -0.149. The Kier molecular flexibility index (Phi) is 6.04. The van der Waals surface area contributed by atoms with Crippen LogP contribution in [0, 0.1) is 6.92 Å². The van der Waals surface area contributed by atoms with Gasteiger partial charge in [-0.25, -0.2) is 9.97 Å². The van der Waals surface area contributed by atoms with Crippen LogP contribution in [0.2, 0.25) is 0 Å². The number of benzene rings is 1. The third-order valence-corrected chi connectivity index (χ3v) is 4.69. The fourth-order valence-electron chi connectivity index (χ4n) is 3.25. The molecule has 0 bridgehead atoms. The lowest BCUT2D eigenvalue weighted by atomic mass is 10.1. The molecule has 6 nitrogen and oxygen atoms in total. The highest BCUT2D eigenvalue weighted by Gasteiger charge is 2.17. The first-order valence-corrected chi connectivity index (χ1v) is 9.20. The molecule has 3 rings (SSSR count). The number of methoxy groups -OCH3 is 1. The van der Waals surface area contributed by atoms with E-state index in [1.807, 2.05) is 25.1 Å². The number of hydrogen-bond acceptors (Lipinski definition) is 5. The first kappa shape index (κ1) is 18.2. The molecule has 1 aromatic carbocycles. The highest BCUT2D eigenvalue weighted by molar-refractivity contribution is 5.92. The van der Waals surface area contributed by atoms with E-state index in [2.05, 4.69) is 20.6 Å². The van der Waals surface area contributed by atoms with Gasteiger partial charge in [-0.2, -0.15) is 0 Å². The molecule has 0 atom stereocenters. The summed E-state index contributed by atoms with van der Waals surface area (Å²) >= 11 is 0. The van der Waals surface area contributed by atoms with Crippen LogP contribution < -0.4 is 15.4 Å². The Bertz CT molecular complexity index is 738. The molecule has 138 valence electrons. The molecule has 1 amide bonds. The molecule has 1 aliphatic carbocycles. The van der Waals surface area contributed by atoms with Gasteiger partial charge in [0.1, 0.15) is 17.3 Å². The normalized spacial score (nSPS) is 15.2. The van der Waals surface area contributed by atoms with Crippen molar-refractivity contribution in [1.82, 2.24) is 15.3 Å². The molecule has 1 aromatic heterocycles. The standard InChI is InChI=1S/C20H26N4O2/c1-14-9-10-18(26-2)16(11-14)24-19-13-21-17(12-22-19)20(25)23-15-7-5-3-4-6-8-15/h9-13,15H,3-8H2,1-2H3,(H,22,24)(H,23,25). The van der Waals surface area contributed by atoms with Gasteiger partial charge in [-0.3, -0.25) is 4.79 Å². The number of aryl methyl sites for hydroxylation is 1. The Morgan fingerprint density at radius 1 is 1.12 bits per heavy atom. The molecule has 0 aliphatic heterocycles. The van der Waals surface area contributed by atoms with E-state index < -0.39 is 0 Å². The van der Waals surface area contributed by atoms with Crippen LogP contribution in [0.25, 0.3) is 0 Å². The van der Waals surface area contributed by atoms with Crippen LogP contribution in [-0.2, 0) is 0 Å². The third-order valence-electron chi connectivity index (χ3n) is 4.69. The summed E-state index contributed by atoms with van der Waals surface area (Å²) in [6, 6.07) is 6.12. The Hall–Kier alpha value is -2.63. The molecule has 1 heterocycles. The SMILES string of the molecule is COc1ccc(C)cc1Nc1cnc(C(=O)NC2CCCCCC2)cn1. The number of aromatic nitrogens is 2. The van der Waals surface area contributed by atoms with Gasteiger partial charge in [0.25, 0.3) is 5.91 Å². The van der Waals surface area contributed by atoms with Gasteiger partial charge in [-0.1, -0.05) is 31.7 Å². The van der Waals surface area contributed by atoms with E-state index in [0.717, 1.165) is 29.8 Å². The van der Waals surface area contributed by atoms with E-state index in [0.29, 0.717) is 11.5 Å². The van der Waals surface area contributed by atoms with Crippen molar-refractivity contribution in [1.29, 1.82) is 0 Å². The number of amides is 1. The van der Waals surface area contributed by atoms with Crippen molar-refractivity contribution in [2.75, 3.05) is 12.4 Å². The first-order valence-electron chi connectivity index (χ1n) is 9.20. The second-order valence-electron chi connectivity index (χ2n) is 6.78. The van der Waals surface area contributed by atoms with Crippen LogP contribution in [0.3, 0.4) is 0 Å². The lowest BCUT2D eigenvalue weighted by Gasteiger charge is -2.16. The summed E-state index contributed by atoms with van der Waals surface area (Å²) in [4.78, 5) is 21.0. The molecule has 0 unspecified atom stereocenters. The maximum Gasteiger partial charge on any atom is 0.271 e. The Morgan fingerprint density at radius 2 is 1.88 bits per heavy atom. The van der Waals surface area contributed by atoms with Gasteiger partial charge in [-0.05, 0) is 37.5 Å². The molecule has 0 radical (unpaired) electrons. The Balaban J connectivity index is 1.64. The van der Waals surface area contributed by atoms with Gasteiger partial charge in [0.2, 0.25) is 0 Å². The summed E-state index contributed by atoms with van der Waals surface area (Å²) < 4.78 is 5.35. The van der Waals surface area contributed by atoms with Gasteiger partial charge in [0, 0.05) is 6.04 Å². The molecule has 26 heavy (non-hydrogen) atoms. The minimum absolute atomic E-state index is 0.149. The first-order chi connectivity index (χ1) is 12.7. The fourth-order valence-corrected chi connectivity index (χ4v) is 3.25. The number of ether oxygens (including phenoxy) is 1. The second-order valence-corrected chi connectivity index (χ2v) is 6.78. The summed E-state index contributed by atoms with van der Waals surface area (Å²) in [7, 11) is 1.63. The van der Waals surface area contributed by atoms with Crippen LogP contribution in [-0.4, -0.2) is 29.0 Å². The largest absolute Gasteiger partial charge is 0.495 e. The van der Waals surface area contributed by atoms with E-state index in [1.54, 1.807) is 13.3 Å². The van der Waals surface area contributed by atoms with E-state index in [1.165, 1.54) is 31.9 Å². The van der Waals surface area contributed by atoms with Crippen LogP contribution in [0.4, 0.5) is 11.5 Å². The molecule has 1 saturated carbocycles. The molecular weight excluding hydrogens is 328 g/mol. The highest BCUT2D eigenvalue weighted by atomic mass is 16.5. The van der Waals surface area contributed by atoms with Crippen molar-refractivity contribution >= 4 is 17.4 Å². The number of carbonyl (C=O) groups excluding carboxylic acids is 1. The van der Waals surface area contributed by atoms with E-state index in [4.69, 9.17) is 4.74 Å². The zero-order valence-electron chi connectivity index (χ0n) is 15.4. The Morgan fingerprint density at radius 3 is 2.54 bits per heavy atom. The predicted molar refractivity (Wildman–Crippen MR) is 102 cm³/mol. The molecule has 1 aliphatic rings. The maximum absolute atomic E-state index is 12.4. The van der Waals surface area contributed by atoms with Crippen LogP contribution in [0.5, 0.6) is 5.75 Å². The van der Waals surface area contributed by atoms with Gasteiger partial charge in [-0.15, -0.1) is 0 Å². The molecule has 0 saturated heterocycles. The van der Waals surface area contributed by atoms with Crippen molar-refractivity contribution in [2.45, 2.75) is 51.5 Å². The summed E-state index contributed by atoms with van der Waals surface area (Å²) in [5, 5.41) is 6.28. The zero-order valence-corrected chi connectivity index (χ0v) is 15.4. The summed E-state index contributed by atoms with van der Waals surface area (Å²) in [6.07, 6.45) is 10.1. The smallest absolute Gasteiger partial charge is 0.271 e. The Labute approximate surface area is 154 Å². The quantitative estimate of drug-likeness (QED) is 0.794. The summed E-state index contributed by atoms with van der Waals surface area (Å²) in [6.45, 7) is 2.01. The minimum Gasteiger partial charge on any atom is -0.495 e. The van der Waals surface area contributed by atoms with Gasteiger partial charge >= 0.3 is 0 Å². The molecule has 0 spiro atoms. The maximum atomic E-state index is 12.4. The van der Waals surface area contributed by atoms with Crippen LogP contribution >= 0.6 is 0 Å². The van der Waals surface area contributed by atoms with Crippen molar-refractivity contribution < 1.29 is 9.53 Å². The van der Waals surface area contributed by atoms with Crippen LogP contribution in [0.15, 0.2) is 30.6 Å². The van der Waals surface area contributed by atoms with Crippen molar-refractivity contribution in [2.24, 2.45) is 0 Å². The number of anilines is 2. The van der Waals surface area contributed by atoms with E-state index >= 15 is 0 Å². The molecule has 2 N–H and O–H groups in total.